The smallest absolute Gasteiger partial charge is 0.748 e. The van der Waals surface area contributed by atoms with Crippen molar-refractivity contribution in [3.8, 4) is 0 Å². The Hall–Kier alpha value is 0.490. The van der Waals surface area contributed by atoms with E-state index in [1.54, 1.807) is 0 Å². The van der Waals surface area contributed by atoms with Gasteiger partial charge < -0.3 is 4.55 Å². The van der Waals surface area contributed by atoms with Gasteiger partial charge in [0.2, 0.25) is 0 Å². The van der Waals surface area contributed by atoms with Crippen LogP contribution in [0.1, 0.15) is 12.8 Å². The summed E-state index contributed by atoms with van der Waals surface area (Å²) in [7, 11) is -5.16. The molecule has 5 unspecified atom stereocenters. The summed E-state index contributed by atoms with van der Waals surface area (Å²) < 4.78 is 107. The predicted molar refractivity (Wildman–Crippen MR) is 54.3 cm³/mol. The van der Waals surface area contributed by atoms with Crippen LogP contribution in [-0.2, 0) is 10.1 Å². The van der Waals surface area contributed by atoms with E-state index in [9.17, 15) is 39.3 Å². The summed E-state index contributed by atoms with van der Waals surface area (Å²) in [6, 6.07) is 0. The van der Waals surface area contributed by atoms with Gasteiger partial charge in [-0.1, -0.05) is 0 Å². The maximum absolute atomic E-state index is 13.1. The Kier molecular flexibility index (Phi) is 11.7. The number of hydrogen-bond donors (Lipinski definition) is 0. The Morgan fingerprint density at radius 2 is 1.35 bits per heavy atom. The fourth-order valence-electron chi connectivity index (χ4n) is 1.29. The third kappa shape index (κ3) is 8.71. The van der Waals surface area contributed by atoms with Gasteiger partial charge in [0.05, 0.1) is 22.5 Å². The topological polar surface area (TPSA) is 57.2 Å². The molecule has 0 fully saturated rings. The second-order valence-electron chi connectivity index (χ2n) is 3.92. The molecule has 0 rings (SSSR count). The van der Waals surface area contributed by atoms with Crippen LogP contribution in [0.3, 0.4) is 0 Å². The molecule has 11 heteroatoms. The molecule has 0 aliphatic carbocycles. The molecule has 0 spiro atoms. The summed E-state index contributed by atoms with van der Waals surface area (Å²) in [5.41, 5.74) is 0. The van der Waals surface area contributed by atoms with Crippen molar-refractivity contribution in [2.24, 2.45) is 0 Å². The zero-order valence-electron chi connectivity index (χ0n) is 10.6. The number of halogens is 6. The molecule has 0 aromatic rings. The molecule has 116 valence electrons. The van der Waals surface area contributed by atoms with Crippen LogP contribution >= 0.6 is 0 Å². The molecule has 0 aliphatic heterocycles. The zero-order valence-corrected chi connectivity index (χ0v) is 13.4. The van der Waals surface area contributed by atoms with Crippen molar-refractivity contribution >= 4 is 10.1 Å². The molecule has 0 aromatic carbocycles. The quantitative estimate of drug-likeness (QED) is 0.307. The SMILES string of the molecule is O=S(=O)([O-])CC(F)C(F)C(F)C(F)C(F)CCCF.[Na+]. The van der Waals surface area contributed by atoms with Gasteiger partial charge in [0, 0.05) is 0 Å². The molecule has 0 heterocycles. The first-order chi connectivity index (χ1) is 8.60. The van der Waals surface area contributed by atoms with E-state index in [0.29, 0.717) is 0 Å². The summed E-state index contributed by atoms with van der Waals surface area (Å²) in [5, 5.41) is 0. The Bertz CT molecular complexity index is 358. The Balaban J connectivity index is 0. The Labute approximate surface area is 135 Å². The predicted octanol–water partition coefficient (Wildman–Crippen LogP) is -1.02. The molecule has 0 aromatic heterocycles. The van der Waals surface area contributed by atoms with Gasteiger partial charge in [0.1, 0.15) is 12.3 Å². The number of rotatable bonds is 9. The molecular formula is C9H13F6NaO3S. The van der Waals surface area contributed by atoms with E-state index in [1.165, 1.54) is 0 Å². The molecule has 0 radical (unpaired) electrons. The monoisotopic (exact) mass is 338 g/mol. The fourth-order valence-corrected chi connectivity index (χ4v) is 1.87. The largest absolute Gasteiger partial charge is 1.00 e. The van der Waals surface area contributed by atoms with Gasteiger partial charge in [-0.05, 0) is 12.8 Å². The zero-order chi connectivity index (χ0) is 15.2. The fraction of sp³-hybridized carbons (Fsp3) is 1.00. The van der Waals surface area contributed by atoms with Gasteiger partial charge in [-0.2, -0.15) is 0 Å². The maximum Gasteiger partial charge on any atom is 1.00 e. The van der Waals surface area contributed by atoms with E-state index >= 15 is 0 Å². The molecule has 0 saturated heterocycles. The van der Waals surface area contributed by atoms with Crippen LogP contribution in [0.25, 0.3) is 0 Å². The van der Waals surface area contributed by atoms with E-state index in [4.69, 9.17) is 0 Å². The summed E-state index contributed by atoms with van der Waals surface area (Å²) >= 11 is 0. The minimum atomic E-state index is -5.16. The van der Waals surface area contributed by atoms with Crippen molar-refractivity contribution in [2.75, 3.05) is 12.4 Å². The van der Waals surface area contributed by atoms with Crippen LogP contribution in [0.2, 0.25) is 0 Å². The van der Waals surface area contributed by atoms with Gasteiger partial charge in [0.15, 0.2) is 18.5 Å². The maximum atomic E-state index is 13.1. The van der Waals surface area contributed by atoms with Crippen molar-refractivity contribution < 1.29 is 68.9 Å². The molecular weight excluding hydrogens is 325 g/mol. The van der Waals surface area contributed by atoms with Crippen molar-refractivity contribution in [1.29, 1.82) is 0 Å². The van der Waals surface area contributed by atoms with Crippen LogP contribution in [0.5, 0.6) is 0 Å². The van der Waals surface area contributed by atoms with E-state index in [0.717, 1.165) is 0 Å². The summed E-state index contributed by atoms with van der Waals surface area (Å²) in [6.45, 7) is -0.983. The molecule has 0 bridgehead atoms. The Morgan fingerprint density at radius 3 is 1.75 bits per heavy atom. The molecule has 5 atom stereocenters. The standard InChI is InChI=1S/C9H14F6O3S.Na/c10-3-1-2-5(11)7(13)9(15)8(14)6(12)4-19(16,17)18;/h5-9H,1-4H2,(H,16,17,18);/q;+1/p-1. The van der Waals surface area contributed by atoms with E-state index < -0.39 is 66.2 Å². The van der Waals surface area contributed by atoms with Crippen molar-refractivity contribution in [1.82, 2.24) is 0 Å². The van der Waals surface area contributed by atoms with Gasteiger partial charge >= 0.3 is 29.6 Å². The third-order valence-corrected chi connectivity index (χ3v) is 3.00. The molecule has 0 N–H and O–H groups in total. The van der Waals surface area contributed by atoms with E-state index in [1.807, 2.05) is 0 Å². The molecule has 0 amide bonds. The molecule has 3 nitrogen and oxygen atoms in total. The van der Waals surface area contributed by atoms with Gasteiger partial charge in [-0.15, -0.1) is 0 Å². The van der Waals surface area contributed by atoms with E-state index in [2.05, 4.69) is 0 Å². The Morgan fingerprint density at radius 1 is 0.900 bits per heavy atom. The number of alkyl halides is 6. The normalized spacial score (nSPS) is 19.6. The van der Waals surface area contributed by atoms with Crippen LogP contribution in [-0.4, -0.2) is 56.3 Å². The van der Waals surface area contributed by atoms with Crippen LogP contribution in [0, 0.1) is 0 Å². The minimum Gasteiger partial charge on any atom is -0.748 e. The van der Waals surface area contributed by atoms with Crippen LogP contribution in [0.15, 0.2) is 0 Å². The van der Waals surface area contributed by atoms with Gasteiger partial charge in [-0.3, -0.25) is 4.39 Å². The second kappa shape index (κ2) is 10.3. The first-order valence-corrected chi connectivity index (χ1v) is 6.87. The summed E-state index contributed by atoms with van der Waals surface area (Å²) in [4.78, 5) is 0. The third-order valence-electron chi connectivity index (χ3n) is 2.28. The summed E-state index contributed by atoms with van der Waals surface area (Å²) in [6.07, 6.45) is -16.4. The van der Waals surface area contributed by atoms with Crippen molar-refractivity contribution in [3.63, 3.8) is 0 Å². The summed E-state index contributed by atoms with van der Waals surface area (Å²) in [5.74, 6) is -1.87. The molecule has 20 heavy (non-hydrogen) atoms. The van der Waals surface area contributed by atoms with Crippen LogP contribution < -0.4 is 29.6 Å². The first-order valence-electron chi connectivity index (χ1n) is 5.30. The number of hydrogen-bond acceptors (Lipinski definition) is 3. The van der Waals surface area contributed by atoms with Crippen molar-refractivity contribution in [3.05, 3.63) is 0 Å². The van der Waals surface area contributed by atoms with Gasteiger partial charge in [0.25, 0.3) is 0 Å². The molecule has 0 aliphatic rings. The molecule has 0 saturated carbocycles. The minimum absolute atomic E-state index is 0. The average molecular weight is 338 g/mol. The van der Waals surface area contributed by atoms with E-state index in [-0.39, 0.29) is 29.6 Å². The van der Waals surface area contributed by atoms with Gasteiger partial charge in [-0.25, -0.2) is 30.4 Å². The average Bonchev–Trinajstić information content (AvgIpc) is 2.30. The van der Waals surface area contributed by atoms with Crippen LogP contribution in [0.4, 0.5) is 26.3 Å². The van der Waals surface area contributed by atoms with Crippen molar-refractivity contribution in [2.45, 2.75) is 43.7 Å². The second-order valence-corrected chi connectivity index (χ2v) is 5.37. The first kappa shape index (κ1) is 22.8.